The minimum Gasteiger partial charge on any atom is -0.495 e. The van der Waals surface area contributed by atoms with Crippen molar-refractivity contribution < 1.29 is 19.1 Å². The van der Waals surface area contributed by atoms with Gasteiger partial charge in [-0.2, -0.15) is 0 Å². The number of aryl methyl sites for hydroxylation is 1. The number of rotatable bonds is 4. The highest BCUT2D eigenvalue weighted by Crippen LogP contribution is 2.35. The van der Waals surface area contributed by atoms with Crippen molar-refractivity contribution in [3.05, 3.63) is 23.8 Å². The molecule has 2 saturated heterocycles. The van der Waals surface area contributed by atoms with Gasteiger partial charge in [0.15, 0.2) is 0 Å². The average molecular weight is 385 g/mol. The molecule has 150 valence electrons. The highest BCUT2D eigenvalue weighted by Gasteiger charge is 2.40. The molecule has 3 amide bonds. The van der Waals surface area contributed by atoms with Gasteiger partial charge in [-0.05, 0) is 37.5 Å². The number of hydrogen-bond acceptors (Lipinski definition) is 4. The first-order chi connectivity index (χ1) is 13.5. The van der Waals surface area contributed by atoms with Crippen LogP contribution in [-0.4, -0.2) is 67.4 Å². The standard InChI is InChI=1S/C21H27N3O4/c1-14-3-6-18(28-2)17(11-14)24-13-16(12-19(24)25)21(27)23-9-7-22(8-10-23)20(26)15-4-5-15/h3,6,11,15-16H,4-5,7-10,12-13H2,1-2H3/t16-/m0/s1. The molecule has 4 rings (SSSR count). The molecule has 28 heavy (non-hydrogen) atoms. The summed E-state index contributed by atoms with van der Waals surface area (Å²) in [5.74, 6) is 0.710. The maximum Gasteiger partial charge on any atom is 0.228 e. The molecule has 1 saturated carbocycles. The number of methoxy groups -OCH3 is 1. The average Bonchev–Trinajstić information content (AvgIpc) is 3.49. The molecule has 1 aromatic rings. The third kappa shape index (κ3) is 3.57. The van der Waals surface area contributed by atoms with E-state index in [2.05, 4.69) is 0 Å². The van der Waals surface area contributed by atoms with Crippen molar-refractivity contribution in [2.24, 2.45) is 11.8 Å². The molecule has 1 aliphatic carbocycles. The number of benzene rings is 1. The van der Waals surface area contributed by atoms with Crippen LogP contribution in [0.1, 0.15) is 24.8 Å². The Kier molecular flexibility index (Phi) is 5.00. The van der Waals surface area contributed by atoms with Crippen LogP contribution in [0.25, 0.3) is 0 Å². The summed E-state index contributed by atoms with van der Waals surface area (Å²) in [6.07, 6.45) is 2.22. The molecule has 0 N–H and O–H groups in total. The molecule has 3 aliphatic rings. The van der Waals surface area contributed by atoms with Crippen LogP contribution in [-0.2, 0) is 14.4 Å². The zero-order chi connectivity index (χ0) is 19.8. The summed E-state index contributed by atoms with van der Waals surface area (Å²) in [6, 6.07) is 5.71. The summed E-state index contributed by atoms with van der Waals surface area (Å²) in [5.41, 5.74) is 1.76. The van der Waals surface area contributed by atoms with Gasteiger partial charge in [-0.15, -0.1) is 0 Å². The summed E-state index contributed by atoms with van der Waals surface area (Å²) >= 11 is 0. The Balaban J connectivity index is 1.39. The molecule has 7 nitrogen and oxygen atoms in total. The van der Waals surface area contributed by atoms with Crippen LogP contribution in [0.3, 0.4) is 0 Å². The highest BCUT2D eigenvalue weighted by atomic mass is 16.5. The van der Waals surface area contributed by atoms with Gasteiger partial charge in [0.1, 0.15) is 5.75 Å². The smallest absolute Gasteiger partial charge is 0.228 e. The molecule has 1 aromatic carbocycles. The lowest BCUT2D eigenvalue weighted by Crippen LogP contribution is -2.52. The summed E-state index contributed by atoms with van der Waals surface area (Å²) in [7, 11) is 1.58. The van der Waals surface area contributed by atoms with Gasteiger partial charge in [0.05, 0.1) is 18.7 Å². The Morgan fingerprint density at radius 3 is 2.18 bits per heavy atom. The summed E-state index contributed by atoms with van der Waals surface area (Å²) < 4.78 is 5.41. The van der Waals surface area contributed by atoms with Crippen molar-refractivity contribution >= 4 is 23.4 Å². The van der Waals surface area contributed by atoms with Crippen molar-refractivity contribution in [2.75, 3.05) is 44.7 Å². The molecular formula is C21H27N3O4. The van der Waals surface area contributed by atoms with Crippen molar-refractivity contribution in [3.8, 4) is 5.75 Å². The van der Waals surface area contributed by atoms with E-state index in [9.17, 15) is 14.4 Å². The SMILES string of the molecule is COc1ccc(C)cc1N1C[C@@H](C(=O)N2CCN(C(=O)C3CC3)CC2)CC1=O. The molecule has 3 fully saturated rings. The Morgan fingerprint density at radius 2 is 1.61 bits per heavy atom. The molecule has 1 atom stereocenters. The Labute approximate surface area is 165 Å². The highest BCUT2D eigenvalue weighted by molar-refractivity contribution is 6.01. The fourth-order valence-corrected chi connectivity index (χ4v) is 4.11. The first kappa shape index (κ1) is 18.8. The van der Waals surface area contributed by atoms with Crippen LogP contribution in [0, 0.1) is 18.8 Å². The molecule has 0 bridgehead atoms. The summed E-state index contributed by atoms with van der Waals surface area (Å²) in [6.45, 7) is 4.63. The van der Waals surface area contributed by atoms with E-state index in [4.69, 9.17) is 4.74 Å². The zero-order valence-electron chi connectivity index (χ0n) is 16.5. The van der Waals surface area contributed by atoms with Gasteiger partial charge in [-0.25, -0.2) is 0 Å². The fraction of sp³-hybridized carbons (Fsp3) is 0.571. The zero-order valence-corrected chi connectivity index (χ0v) is 16.5. The number of amides is 3. The van der Waals surface area contributed by atoms with E-state index in [0.717, 1.165) is 24.1 Å². The first-order valence-corrected chi connectivity index (χ1v) is 10.0. The maximum absolute atomic E-state index is 13.0. The number of nitrogens with zero attached hydrogens (tertiary/aromatic N) is 3. The van der Waals surface area contributed by atoms with Gasteiger partial charge in [0.2, 0.25) is 17.7 Å². The molecular weight excluding hydrogens is 358 g/mol. The van der Waals surface area contributed by atoms with E-state index >= 15 is 0 Å². The van der Waals surface area contributed by atoms with Gasteiger partial charge in [0.25, 0.3) is 0 Å². The third-order valence-electron chi connectivity index (χ3n) is 5.93. The number of piperazine rings is 1. The number of hydrogen-bond donors (Lipinski definition) is 0. The van der Waals surface area contributed by atoms with Crippen LogP contribution in [0.5, 0.6) is 5.75 Å². The van der Waals surface area contributed by atoms with Gasteiger partial charge >= 0.3 is 0 Å². The minimum absolute atomic E-state index is 0.0148. The lowest BCUT2D eigenvalue weighted by atomic mass is 10.1. The van der Waals surface area contributed by atoms with E-state index in [1.54, 1.807) is 12.0 Å². The first-order valence-electron chi connectivity index (χ1n) is 10.0. The van der Waals surface area contributed by atoms with Crippen molar-refractivity contribution in [3.63, 3.8) is 0 Å². The molecule has 0 radical (unpaired) electrons. The minimum atomic E-state index is -0.344. The lowest BCUT2D eigenvalue weighted by molar-refractivity contribution is -0.142. The van der Waals surface area contributed by atoms with E-state index in [1.165, 1.54) is 0 Å². The number of anilines is 1. The molecule has 0 unspecified atom stereocenters. The summed E-state index contributed by atoms with van der Waals surface area (Å²) in [4.78, 5) is 43.1. The maximum atomic E-state index is 13.0. The molecule has 0 spiro atoms. The monoisotopic (exact) mass is 385 g/mol. The van der Waals surface area contributed by atoms with Crippen molar-refractivity contribution in [2.45, 2.75) is 26.2 Å². The van der Waals surface area contributed by atoms with E-state index in [1.807, 2.05) is 34.9 Å². The van der Waals surface area contributed by atoms with Crippen LogP contribution in [0.15, 0.2) is 18.2 Å². The Morgan fingerprint density at radius 1 is 1.00 bits per heavy atom. The second kappa shape index (κ2) is 7.45. The van der Waals surface area contributed by atoms with Gasteiger partial charge in [-0.3, -0.25) is 14.4 Å². The largest absolute Gasteiger partial charge is 0.495 e. The second-order valence-corrected chi connectivity index (χ2v) is 8.01. The third-order valence-corrected chi connectivity index (χ3v) is 5.93. The molecule has 2 heterocycles. The second-order valence-electron chi connectivity index (χ2n) is 8.01. The predicted octanol–water partition coefficient (Wildman–Crippen LogP) is 1.44. The Hall–Kier alpha value is -2.57. The summed E-state index contributed by atoms with van der Waals surface area (Å²) in [5, 5.41) is 0. The number of carbonyl (C=O) groups is 3. The topological polar surface area (TPSA) is 70.2 Å². The van der Waals surface area contributed by atoms with Crippen LogP contribution < -0.4 is 9.64 Å². The van der Waals surface area contributed by atoms with Crippen LogP contribution in [0.4, 0.5) is 5.69 Å². The lowest BCUT2D eigenvalue weighted by Gasteiger charge is -2.36. The van der Waals surface area contributed by atoms with Crippen molar-refractivity contribution in [1.82, 2.24) is 9.80 Å². The van der Waals surface area contributed by atoms with E-state index in [-0.39, 0.29) is 36.0 Å². The number of carbonyl (C=O) groups excluding carboxylic acids is 3. The fourth-order valence-electron chi connectivity index (χ4n) is 4.11. The van der Waals surface area contributed by atoms with E-state index < -0.39 is 0 Å². The van der Waals surface area contributed by atoms with E-state index in [0.29, 0.717) is 38.5 Å². The molecule has 7 heteroatoms. The molecule has 0 aromatic heterocycles. The van der Waals surface area contributed by atoms with Crippen LogP contribution in [0.2, 0.25) is 0 Å². The van der Waals surface area contributed by atoms with Gasteiger partial charge < -0.3 is 19.4 Å². The van der Waals surface area contributed by atoms with Crippen LogP contribution >= 0.6 is 0 Å². The van der Waals surface area contributed by atoms with Gasteiger partial charge in [0, 0.05) is 45.1 Å². The van der Waals surface area contributed by atoms with Gasteiger partial charge in [-0.1, -0.05) is 6.07 Å². The Bertz CT molecular complexity index is 797. The van der Waals surface area contributed by atoms with Crippen molar-refractivity contribution in [1.29, 1.82) is 0 Å². The predicted molar refractivity (Wildman–Crippen MR) is 104 cm³/mol. The number of ether oxygens (including phenoxy) is 1. The molecule has 2 aliphatic heterocycles. The quantitative estimate of drug-likeness (QED) is 0.786. The normalized spacial score (nSPS) is 22.6.